The van der Waals surface area contributed by atoms with E-state index in [1.54, 1.807) is 0 Å². The molecule has 0 aliphatic heterocycles. The van der Waals surface area contributed by atoms with Crippen LogP contribution < -0.4 is 0 Å². The Hall–Kier alpha value is -1.11. The van der Waals surface area contributed by atoms with Gasteiger partial charge in [-0.1, -0.05) is 38.1 Å². The summed E-state index contributed by atoms with van der Waals surface area (Å²) >= 11 is 0. The second-order valence-electron chi connectivity index (χ2n) is 4.58. The molecular formula is C13H18O. The van der Waals surface area contributed by atoms with Gasteiger partial charge < -0.3 is 4.79 Å². The normalized spacial score (nSPS) is 11.8. The minimum atomic E-state index is -0.374. The van der Waals surface area contributed by atoms with Crippen LogP contribution in [0.4, 0.5) is 0 Å². The molecule has 0 atom stereocenters. The van der Waals surface area contributed by atoms with Gasteiger partial charge >= 0.3 is 0 Å². The van der Waals surface area contributed by atoms with Crippen LogP contribution in [0.25, 0.3) is 0 Å². The van der Waals surface area contributed by atoms with Crippen LogP contribution in [-0.4, -0.2) is 6.29 Å². The molecule has 1 heteroatoms. The largest absolute Gasteiger partial charge is 0.302 e. The van der Waals surface area contributed by atoms with Gasteiger partial charge in [0.25, 0.3) is 0 Å². The van der Waals surface area contributed by atoms with Crippen molar-refractivity contribution in [3.05, 3.63) is 35.4 Å². The Morgan fingerprint density at radius 3 is 2.29 bits per heavy atom. The molecule has 0 heterocycles. The molecule has 0 N–H and O–H groups in total. The molecule has 14 heavy (non-hydrogen) atoms. The second-order valence-corrected chi connectivity index (χ2v) is 4.58. The van der Waals surface area contributed by atoms with Crippen molar-refractivity contribution >= 4 is 6.29 Å². The van der Waals surface area contributed by atoms with Crippen LogP contribution in [0, 0.1) is 0 Å². The Bertz CT molecular complexity index is 324. The van der Waals surface area contributed by atoms with E-state index in [4.69, 9.17) is 0 Å². The third-order valence-electron chi connectivity index (χ3n) is 2.57. The molecule has 0 radical (unpaired) electrons. The number of rotatable bonds is 3. The van der Waals surface area contributed by atoms with E-state index >= 15 is 0 Å². The highest BCUT2D eigenvalue weighted by Crippen LogP contribution is 2.28. The summed E-state index contributed by atoms with van der Waals surface area (Å²) in [6.45, 7) is 8.22. The number of carbonyl (C=O) groups excluding carboxylic acids is 1. The molecule has 0 aliphatic carbocycles. The maximum Gasteiger partial charge on any atom is 0.129 e. The Balaban J connectivity index is 3.26. The lowest BCUT2D eigenvalue weighted by Gasteiger charge is -2.23. The third-order valence-corrected chi connectivity index (χ3v) is 2.57. The topological polar surface area (TPSA) is 17.1 Å². The van der Waals surface area contributed by atoms with Gasteiger partial charge in [-0.3, -0.25) is 0 Å². The van der Waals surface area contributed by atoms with Crippen LogP contribution in [-0.2, 0) is 10.2 Å². The summed E-state index contributed by atoms with van der Waals surface area (Å²) in [7, 11) is 0. The van der Waals surface area contributed by atoms with Gasteiger partial charge in [0.15, 0.2) is 0 Å². The first kappa shape index (κ1) is 11.0. The lowest BCUT2D eigenvalue weighted by Crippen LogP contribution is -2.21. The van der Waals surface area contributed by atoms with Crippen LogP contribution in [0.5, 0.6) is 0 Å². The lowest BCUT2D eigenvalue weighted by molar-refractivity contribution is -0.111. The highest BCUT2D eigenvalue weighted by Gasteiger charge is 2.23. The zero-order valence-corrected chi connectivity index (χ0v) is 9.37. The highest BCUT2D eigenvalue weighted by atomic mass is 16.1. The quantitative estimate of drug-likeness (QED) is 0.668. The Morgan fingerprint density at radius 2 is 1.79 bits per heavy atom. The average molecular weight is 190 g/mol. The fraction of sp³-hybridized carbons (Fsp3) is 0.462. The molecule has 76 valence electrons. The Morgan fingerprint density at radius 1 is 1.21 bits per heavy atom. The maximum atomic E-state index is 11.0. The SMILES string of the molecule is CC(C)c1ccccc1C(C)(C)C=O. The first-order valence-electron chi connectivity index (χ1n) is 5.05. The Labute approximate surface area is 86.1 Å². The van der Waals surface area contributed by atoms with Crippen molar-refractivity contribution in [2.45, 2.75) is 39.0 Å². The summed E-state index contributed by atoms with van der Waals surface area (Å²) in [5.41, 5.74) is 2.04. The van der Waals surface area contributed by atoms with E-state index in [2.05, 4.69) is 19.9 Å². The van der Waals surface area contributed by atoms with E-state index in [9.17, 15) is 4.79 Å². The van der Waals surface area contributed by atoms with E-state index < -0.39 is 0 Å². The highest BCUT2D eigenvalue weighted by molar-refractivity contribution is 5.68. The molecule has 1 aromatic carbocycles. The lowest BCUT2D eigenvalue weighted by atomic mass is 9.80. The standard InChI is InChI=1S/C13H18O/c1-10(2)11-7-5-6-8-12(11)13(3,4)9-14/h5-10H,1-4H3. The fourth-order valence-electron chi connectivity index (χ4n) is 1.65. The number of hydrogen-bond acceptors (Lipinski definition) is 1. The molecule has 0 saturated heterocycles. The molecule has 1 aromatic rings. The van der Waals surface area contributed by atoms with Gasteiger partial charge in [0.2, 0.25) is 0 Å². The van der Waals surface area contributed by atoms with E-state index in [1.807, 2.05) is 32.0 Å². The fourth-order valence-corrected chi connectivity index (χ4v) is 1.65. The number of benzene rings is 1. The van der Waals surface area contributed by atoms with Gasteiger partial charge in [-0.25, -0.2) is 0 Å². The molecule has 1 nitrogen and oxygen atoms in total. The molecule has 0 unspecified atom stereocenters. The number of carbonyl (C=O) groups is 1. The molecule has 0 spiro atoms. The van der Waals surface area contributed by atoms with Gasteiger partial charge in [0, 0.05) is 5.41 Å². The number of hydrogen-bond donors (Lipinski definition) is 0. The van der Waals surface area contributed by atoms with Crippen molar-refractivity contribution in [2.75, 3.05) is 0 Å². The second kappa shape index (κ2) is 3.95. The first-order valence-corrected chi connectivity index (χ1v) is 5.05. The summed E-state index contributed by atoms with van der Waals surface area (Å²) in [5, 5.41) is 0. The van der Waals surface area contributed by atoms with Gasteiger partial charge in [-0.15, -0.1) is 0 Å². The predicted octanol–water partition coefficient (Wildman–Crippen LogP) is 3.29. The van der Waals surface area contributed by atoms with E-state index in [0.29, 0.717) is 5.92 Å². The van der Waals surface area contributed by atoms with Crippen LogP contribution >= 0.6 is 0 Å². The third kappa shape index (κ3) is 2.03. The van der Waals surface area contributed by atoms with Gasteiger partial charge in [-0.05, 0) is 30.9 Å². The van der Waals surface area contributed by atoms with Crippen molar-refractivity contribution in [1.82, 2.24) is 0 Å². The summed E-state index contributed by atoms with van der Waals surface area (Å²) in [6.07, 6.45) is 1.02. The Kier molecular flexibility index (Phi) is 3.10. The summed E-state index contributed by atoms with van der Waals surface area (Å²) in [4.78, 5) is 11.0. The van der Waals surface area contributed by atoms with Crippen LogP contribution in [0.2, 0.25) is 0 Å². The number of aldehydes is 1. The first-order chi connectivity index (χ1) is 6.49. The van der Waals surface area contributed by atoms with Crippen LogP contribution in [0.15, 0.2) is 24.3 Å². The zero-order valence-electron chi connectivity index (χ0n) is 9.37. The van der Waals surface area contributed by atoms with Gasteiger partial charge in [0.05, 0.1) is 0 Å². The van der Waals surface area contributed by atoms with Gasteiger partial charge in [-0.2, -0.15) is 0 Å². The van der Waals surface area contributed by atoms with E-state index in [1.165, 1.54) is 5.56 Å². The maximum absolute atomic E-state index is 11.0. The van der Waals surface area contributed by atoms with Crippen LogP contribution in [0.1, 0.15) is 44.7 Å². The van der Waals surface area contributed by atoms with E-state index in [-0.39, 0.29) is 5.41 Å². The van der Waals surface area contributed by atoms with Crippen LogP contribution in [0.3, 0.4) is 0 Å². The summed E-state index contributed by atoms with van der Waals surface area (Å²) in [5.74, 6) is 0.463. The van der Waals surface area contributed by atoms with Crippen molar-refractivity contribution in [2.24, 2.45) is 0 Å². The molecule has 0 aliphatic rings. The summed E-state index contributed by atoms with van der Waals surface area (Å²) < 4.78 is 0. The molecule has 0 fully saturated rings. The van der Waals surface area contributed by atoms with Gasteiger partial charge in [0.1, 0.15) is 6.29 Å². The monoisotopic (exact) mass is 190 g/mol. The molecule has 0 amide bonds. The molecule has 0 saturated carbocycles. The smallest absolute Gasteiger partial charge is 0.129 e. The molecule has 1 rings (SSSR count). The molecule has 0 aromatic heterocycles. The summed E-state index contributed by atoms with van der Waals surface area (Å²) in [6, 6.07) is 8.17. The zero-order chi connectivity index (χ0) is 10.8. The predicted molar refractivity (Wildman–Crippen MR) is 59.6 cm³/mol. The average Bonchev–Trinajstić information content (AvgIpc) is 2.18. The van der Waals surface area contributed by atoms with Crippen molar-refractivity contribution in [3.8, 4) is 0 Å². The van der Waals surface area contributed by atoms with Crippen molar-refractivity contribution < 1.29 is 4.79 Å². The van der Waals surface area contributed by atoms with Crippen molar-refractivity contribution in [1.29, 1.82) is 0 Å². The van der Waals surface area contributed by atoms with E-state index in [0.717, 1.165) is 11.8 Å². The minimum Gasteiger partial charge on any atom is -0.302 e. The minimum absolute atomic E-state index is 0.374. The molecule has 0 bridgehead atoms. The molecular weight excluding hydrogens is 172 g/mol. The van der Waals surface area contributed by atoms with Crippen molar-refractivity contribution in [3.63, 3.8) is 0 Å².